The van der Waals surface area contributed by atoms with Crippen molar-refractivity contribution in [2.24, 2.45) is 4.99 Å². The maximum absolute atomic E-state index is 4.42. The van der Waals surface area contributed by atoms with E-state index in [-0.39, 0.29) is 0 Å². The first-order valence-corrected chi connectivity index (χ1v) is 4.82. The van der Waals surface area contributed by atoms with Crippen molar-refractivity contribution >= 4 is 23.1 Å². The zero-order valence-corrected chi connectivity index (χ0v) is 8.89. The van der Waals surface area contributed by atoms with Gasteiger partial charge >= 0.3 is 0 Å². The van der Waals surface area contributed by atoms with Crippen molar-refractivity contribution in [3.05, 3.63) is 60.9 Å². The molecule has 0 atom stereocenters. The molecule has 2 rings (SSSR count). The molecular formula is C12H10N2S. The molecular weight excluding hydrogens is 204 g/mol. The van der Waals surface area contributed by atoms with Crippen LogP contribution in [0.4, 0.5) is 5.69 Å². The van der Waals surface area contributed by atoms with Crippen molar-refractivity contribution in [2.75, 3.05) is 0 Å². The van der Waals surface area contributed by atoms with Gasteiger partial charge < -0.3 is 0 Å². The summed E-state index contributed by atoms with van der Waals surface area (Å²) in [7, 11) is 0. The van der Waals surface area contributed by atoms with E-state index in [0.29, 0.717) is 0 Å². The molecule has 74 valence electrons. The molecule has 0 aliphatic rings. The third kappa shape index (κ3) is 5.47. The van der Waals surface area contributed by atoms with Crippen molar-refractivity contribution < 1.29 is 0 Å². The molecule has 1 aromatic heterocycles. The molecule has 0 saturated carbocycles. The Morgan fingerprint density at radius 2 is 1.53 bits per heavy atom. The summed E-state index contributed by atoms with van der Waals surface area (Å²) in [5.41, 5.74) is 0.854. The molecule has 0 amide bonds. The average molecular weight is 214 g/mol. The van der Waals surface area contributed by atoms with E-state index in [1.165, 1.54) is 0 Å². The zero-order valence-electron chi connectivity index (χ0n) is 8.08. The summed E-state index contributed by atoms with van der Waals surface area (Å²) < 4.78 is 0. The summed E-state index contributed by atoms with van der Waals surface area (Å²) in [6.45, 7) is 0. The number of pyridine rings is 1. The van der Waals surface area contributed by atoms with Crippen LogP contribution in [-0.2, 0) is 0 Å². The Labute approximate surface area is 94.3 Å². The fourth-order valence-corrected chi connectivity index (χ4v) is 0.973. The Morgan fingerprint density at radius 3 is 1.93 bits per heavy atom. The smallest absolute Gasteiger partial charge is 0.0739 e. The molecule has 2 nitrogen and oxygen atoms in total. The van der Waals surface area contributed by atoms with Gasteiger partial charge in [-0.2, -0.15) is 4.99 Å². The topological polar surface area (TPSA) is 25.2 Å². The summed E-state index contributed by atoms with van der Waals surface area (Å²) >= 11 is 4.42. The van der Waals surface area contributed by atoms with E-state index >= 15 is 0 Å². The van der Waals surface area contributed by atoms with E-state index in [9.17, 15) is 0 Å². The van der Waals surface area contributed by atoms with Gasteiger partial charge in [-0.1, -0.05) is 24.3 Å². The first kappa shape index (κ1) is 11.2. The predicted octanol–water partition coefficient (Wildman–Crippen LogP) is 3.50. The van der Waals surface area contributed by atoms with E-state index < -0.39 is 0 Å². The van der Waals surface area contributed by atoms with E-state index in [0.717, 1.165) is 5.69 Å². The number of thiocarbonyl (C=S) groups is 1. The lowest BCUT2D eigenvalue weighted by atomic mass is 10.3. The molecule has 0 spiro atoms. The molecule has 0 fully saturated rings. The quantitative estimate of drug-likeness (QED) is 0.536. The normalized spacial score (nSPS) is 8.00. The minimum atomic E-state index is 0.854. The van der Waals surface area contributed by atoms with Crippen LogP contribution in [0.3, 0.4) is 0 Å². The van der Waals surface area contributed by atoms with Crippen LogP contribution in [0.25, 0.3) is 0 Å². The molecule has 0 radical (unpaired) electrons. The molecule has 0 N–H and O–H groups in total. The molecule has 0 bridgehead atoms. The minimum absolute atomic E-state index is 0.854. The number of isothiocyanates is 1. The van der Waals surface area contributed by atoms with Crippen LogP contribution in [0.15, 0.2) is 65.9 Å². The molecule has 0 unspecified atom stereocenters. The minimum Gasteiger partial charge on any atom is -0.265 e. The third-order valence-electron chi connectivity index (χ3n) is 1.50. The van der Waals surface area contributed by atoms with Crippen LogP contribution in [0, 0.1) is 0 Å². The second-order valence-electron chi connectivity index (χ2n) is 2.56. The van der Waals surface area contributed by atoms with Gasteiger partial charge in [-0.05, 0) is 36.5 Å². The van der Waals surface area contributed by atoms with Crippen molar-refractivity contribution in [1.29, 1.82) is 0 Å². The maximum Gasteiger partial charge on any atom is 0.0739 e. The number of hydrogen-bond donors (Lipinski definition) is 0. The third-order valence-corrected chi connectivity index (χ3v) is 1.59. The maximum atomic E-state index is 4.42. The summed E-state index contributed by atoms with van der Waals surface area (Å²) in [6, 6.07) is 15.2. The Hall–Kier alpha value is -1.83. The first-order chi connectivity index (χ1) is 7.43. The van der Waals surface area contributed by atoms with E-state index in [1.54, 1.807) is 12.4 Å². The highest BCUT2D eigenvalue weighted by Crippen LogP contribution is 2.07. The molecule has 0 aliphatic heterocycles. The lowest BCUT2D eigenvalue weighted by Gasteiger charge is -1.83. The number of rotatable bonds is 1. The highest BCUT2D eigenvalue weighted by atomic mass is 32.1. The molecule has 1 heterocycles. The van der Waals surface area contributed by atoms with Crippen LogP contribution in [0.5, 0.6) is 0 Å². The van der Waals surface area contributed by atoms with Gasteiger partial charge in [-0.3, -0.25) is 4.98 Å². The Bertz CT molecular complexity index is 381. The number of aliphatic imine (C=N–C) groups is 1. The Morgan fingerprint density at radius 1 is 0.933 bits per heavy atom. The summed E-state index contributed by atoms with van der Waals surface area (Å²) in [5, 5.41) is 2.29. The second kappa shape index (κ2) is 7.56. The molecule has 1 aromatic carbocycles. The van der Waals surface area contributed by atoms with E-state index in [2.05, 4.69) is 27.4 Å². The van der Waals surface area contributed by atoms with Crippen LogP contribution in [0.2, 0.25) is 0 Å². The van der Waals surface area contributed by atoms with Crippen molar-refractivity contribution in [1.82, 2.24) is 4.98 Å². The lowest BCUT2D eigenvalue weighted by molar-refractivity contribution is 1.33. The highest BCUT2D eigenvalue weighted by molar-refractivity contribution is 7.78. The van der Waals surface area contributed by atoms with Crippen molar-refractivity contribution in [3.63, 3.8) is 0 Å². The molecule has 2 aromatic rings. The van der Waals surface area contributed by atoms with Gasteiger partial charge in [0.2, 0.25) is 0 Å². The molecule has 3 heteroatoms. The molecule has 0 aliphatic carbocycles. The number of para-hydroxylation sites is 1. The largest absolute Gasteiger partial charge is 0.265 e. The van der Waals surface area contributed by atoms with E-state index in [4.69, 9.17) is 0 Å². The monoisotopic (exact) mass is 214 g/mol. The fraction of sp³-hybridized carbons (Fsp3) is 0. The van der Waals surface area contributed by atoms with Crippen LogP contribution >= 0.6 is 12.2 Å². The number of aromatic nitrogens is 1. The van der Waals surface area contributed by atoms with Gasteiger partial charge in [0.15, 0.2) is 0 Å². The number of benzene rings is 1. The Balaban J connectivity index is 0.000000162. The molecule has 15 heavy (non-hydrogen) atoms. The van der Waals surface area contributed by atoms with Gasteiger partial charge in [0, 0.05) is 12.4 Å². The second-order valence-corrected chi connectivity index (χ2v) is 2.75. The zero-order chi connectivity index (χ0) is 10.8. The number of nitrogens with zero attached hydrogens (tertiary/aromatic N) is 2. The Kier molecular flexibility index (Phi) is 5.67. The highest BCUT2D eigenvalue weighted by Gasteiger charge is 1.79. The summed E-state index contributed by atoms with van der Waals surface area (Å²) in [4.78, 5) is 7.56. The van der Waals surface area contributed by atoms with Gasteiger partial charge in [0.05, 0.1) is 10.8 Å². The van der Waals surface area contributed by atoms with Crippen molar-refractivity contribution in [3.8, 4) is 0 Å². The molecule has 0 saturated heterocycles. The lowest BCUT2D eigenvalue weighted by Crippen LogP contribution is -1.58. The van der Waals surface area contributed by atoms with Crippen molar-refractivity contribution in [2.45, 2.75) is 0 Å². The van der Waals surface area contributed by atoms with Crippen LogP contribution in [-0.4, -0.2) is 10.1 Å². The number of hydrogen-bond acceptors (Lipinski definition) is 3. The average Bonchev–Trinajstić information content (AvgIpc) is 2.34. The van der Waals surface area contributed by atoms with E-state index in [1.807, 2.05) is 48.5 Å². The first-order valence-electron chi connectivity index (χ1n) is 4.41. The van der Waals surface area contributed by atoms with Gasteiger partial charge in [0.25, 0.3) is 0 Å². The standard InChI is InChI=1S/C7H5NS.C5H5N/c9-6-8-7-4-2-1-3-5-7;1-2-4-6-5-3-1/h1-5H;1-5H. The van der Waals surface area contributed by atoms with Gasteiger partial charge in [-0.15, -0.1) is 0 Å². The SMILES string of the molecule is S=C=Nc1ccccc1.c1ccncc1. The fourth-order valence-electron chi connectivity index (χ4n) is 0.868. The summed E-state index contributed by atoms with van der Waals surface area (Å²) in [5.74, 6) is 0. The van der Waals surface area contributed by atoms with Gasteiger partial charge in [0.1, 0.15) is 0 Å². The van der Waals surface area contributed by atoms with Gasteiger partial charge in [-0.25, -0.2) is 0 Å². The predicted molar refractivity (Wildman–Crippen MR) is 65.4 cm³/mol. The van der Waals surface area contributed by atoms with Crippen LogP contribution in [0.1, 0.15) is 0 Å². The van der Waals surface area contributed by atoms with Crippen LogP contribution < -0.4 is 0 Å². The summed E-state index contributed by atoms with van der Waals surface area (Å²) in [6.07, 6.45) is 3.50.